The highest BCUT2D eigenvalue weighted by atomic mass is 32.2. The van der Waals surface area contributed by atoms with E-state index in [0.717, 1.165) is 12.7 Å². The van der Waals surface area contributed by atoms with Crippen LogP contribution < -0.4 is 0 Å². The van der Waals surface area contributed by atoms with E-state index in [4.69, 9.17) is 10.2 Å². The highest BCUT2D eigenvalue weighted by Crippen LogP contribution is 2.13. The Morgan fingerprint density at radius 1 is 0.900 bits per heavy atom. The molecule has 0 bridgehead atoms. The van der Waals surface area contributed by atoms with Gasteiger partial charge in [-0.15, -0.1) is 0 Å². The van der Waals surface area contributed by atoms with Gasteiger partial charge in [-0.3, -0.25) is 0 Å². The number of rotatable bonds is 3. The molecule has 0 saturated heterocycles. The number of aliphatic hydroxyl groups is 1. The number of hydrogen-bond donors (Lipinski definition) is 2. The zero-order valence-electron chi connectivity index (χ0n) is 11.2. The third kappa shape index (κ3) is 6.92. The van der Waals surface area contributed by atoms with Crippen LogP contribution in [-0.2, 0) is 16.3 Å². The number of aromatic hydroxyl groups is 1. The van der Waals surface area contributed by atoms with Crippen LogP contribution in [0.1, 0.15) is 11.1 Å². The van der Waals surface area contributed by atoms with Crippen LogP contribution in [0.4, 0.5) is 0 Å². The molecule has 0 aliphatic heterocycles. The summed E-state index contributed by atoms with van der Waals surface area (Å²) in [6.07, 6.45) is 1.88. The van der Waals surface area contributed by atoms with Crippen LogP contribution in [0.2, 0.25) is 0 Å². The van der Waals surface area contributed by atoms with E-state index in [1.807, 2.05) is 30.3 Å². The summed E-state index contributed by atoms with van der Waals surface area (Å²) in [6.45, 7) is 0. The molecule has 5 heteroatoms. The minimum absolute atomic E-state index is 0.321. The first-order chi connectivity index (χ1) is 9.40. The molecule has 0 heterocycles. The molecular formula is C15H18O4S. The number of phenolic OH excluding ortho intramolecular Hbond substituents is 1. The Kier molecular flexibility index (Phi) is 6.21. The highest BCUT2D eigenvalue weighted by Gasteiger charge is 1.95. The van der Waals surface area contributed by atoms with Crippen molar-refractivity contribution < 1.29 is 18.6 Å². The summed E-state index contributed by atoms with van der Waals surface area (Å²) in [7, 11) is -3.11. The normalized spacial score (nSPS) is 10.5. The third-order valence-electron chi connectivity index (χ3n) is 2.42. The van der Waals surface area contributed by atoms with E-state index >= 15 is 0 Å². The summed E-state index contributed by atoms with van der Waals surface area (Å²) in [5.41, 5.74) is 2.51. The molecule has 20 heavy (non-hydrogen) atoms. The minimum Gasteiger partial charge on any atom is -0.508 e. The second-order valence-corrected chi connectivity index (χ2v) is 6.49. The number of hydrogen-bond acceptors (Lipinski definition) is 4. The lowest BCUT2D eigenvalue weighted by atomic mass is 10.1. The van der Waals surface area contributed by atoms with E-state index < -0.39 is 15.8 Å². The van der Waals surface area contributed by atoms with E-state index in [-0.39, 0.29) is 0 Å². The smallest absolute Gasteiger partial charge is 0.171 e. The molecule has 2 aromatic carbocycles. The van der Waals surface area contributed by atoms with Gasteiger partial charge < -0.3 is 10.2 Å². The summed E-state index contributed by atoms with van der Waals surface area (Å²) in [5, 5.41) is 16.9. The van der Waals surface area contributed by atoms with Gasteiger partial charge in [0.15, 0.2) is 9.84 Å². The molecule has 2 N–H and O–H groups in total. The predicted molar refractivity (Wildman–Crippen MR) is 79.3 cm³/mol. The maximum atomic E-state index is 9.75. The molecular weight excluding hydrogens is 276 g/mol. The summed E-state index contributed by atoms with van der Waals surface area (Å²) < 4.78 is 19.5. The van der Waals surface area contributed by atoms with Crippen molar-refractivity contribution >= 4 is 9.84 Å². The monoisotopic (exact) mass is 294 g/mol. The fraction of sp³-hybridized carbons (Fsp3) is 0.200. The maximum absolute atomic E-state index is 9.75. The van der Waals surface area contributed by atoms with E-state index in [0.29, 0.717) is 5.75 Å². The average molecular weight is 294 g/mol. The second kappa shape index (κ2) is 7.67. The van der Waals surface area contributed by atoms with Gasteiger partial charge in [0.25, 0.3) is 0 Å². The molecule has 0 fully saturated rings. The maximum Gasteiger partial charge on any atom is 0.171 e. The van der Waals surface area contributed by atoms with Gasteiger partial charge >= 0.3 is 0 Å². The van der Waals surface area contributed by atoms with Crippen LogP contribution in [0.25, 0.3) is 0 Å². The van der Waals surface area contributed by atoms with Crippen molar-refractivity contribution in [1.82, 2.24) is 0 Å². The van der Waals surface area contributed by atoms with Crippen molar-refractivity contribution in [2.24, 2.45) is 0 Å². The molecule has 0 aliphatic rings. The van der Waals surface area contributed by atoms with Crippen LogP contribution >= 0.6 is 0 Å². The van der Waals surface area contributed by atoms with Crippen molar-refractivity contribution in [2.75, 3.05) is 12.2 Å². The van der Waals surface area contributed by atoms with Crippen molar-refractivity contribution in [3.63, 3.8) is 0 Å². The zero-order valence-corrected chi connectivity index (χ0v) is 12.0. The van der Waals surface area contributed by atoms with Crippen molar-refractivity contribution in [3.05, 3.63) is 65.7 Å². The SMILES string of the molecule is CS(=O)(=O)CO.Oc1ccc(Cc2ccccc2)cc1. The molecule has 108 valence electrons. The number of phenols is 1. The summed E-state index contributed by atoms with van der Waals surface area (Å²) in [6, 6.07) is 17.6. The van der Waals surface area contributed by atoms with Gasteiger partial charge in [-0.25, -0.2) is 8.42 Å². The second-order valence-electron chi connectivity index (χ2n) is 4.38. The first-order valence-electron chi connectivity index (χ1n) is 6.01. The van der Waals surface area contributed by atoms with Crippen molar-refractivity contribution in [1.29, 1.82) is 0 Å². The topological polar surface area (TPSA) is 74.6 Å². The zero-order chi connectivity index (χ0) is 15.0. The van der Waals surface area contributed by atoms with Gasteiger partial charge in [-0.2, -0.15) is 0 Å². The molecule has 0 amide bonds. The molecule has 2 aromatic rings. The molecule has 0 spiro atoms. The fourth-order valence-electron chi connectivity index (χ4n) is 1.45. The third-order valence-corrected chi connectivity index (χ3v) is 2.89. The van der Waals surface area contributed by atoms with Crippen LogP contribution in [-0.4, -0.2) is 30.8 Å². The highest BCUT2D eigenvalue weighted by molar-refractivity contribution is 7.90. The van der Waals surface area contributed by atoms with Crippen molar-refractivity contribution in [2.45, 2.75) is 6.42 Å². The molecule has 0 unspecified atom stereocenters. The lowest BCUT2D eigenvalue weighted by Crippen LogP contribution is -1.99. The molecule has 0 aromatic heterocycles. The lowest BCUT2D eigenvalue weighted by molar-refractivity contribution is 0.360. The molecule has 0 atom stereocenters. The molecule has 0 saturated carbocycles. The Morgan fingerprint density at radius 2 is 1.35 bits per heavy atom. The van der Waals surface area contributed by atoms with E-state index in [1.165, 1.54) is 11.1 Å². The van der Waals surface area contributed by atoms with E-state index in [9.17, 15) is 8.42 Å². The van der Waals surface area contributed by atoms with Crippen molar-refractivity contribution in [3.8, 4) is 5.75 Å². The Bertz CT molecular complexity index is 604. The van der Waals surface area contributed by atoms with Crippen LogP contribution in [0.5, 0.6) is 5.75 Å². The van der Waals surface area contributed by atoms with Crippen LogP contribution in [0, 0.1) is 0 Å². The number of sulfone groups is 1. The van der Waals surface area contributed by atoms with Crippen LogP contribution in [0.15, 0.2) is 54.6 Å². The Labute approximate surface area is 119 Å². The van der Waals surface area contributed by atoms with Gasteiger partial charge in [0.2, 0.25) is 0 Å². The van der Waals surface area contributed by atoms with E-state index in [2.05, 4.69) is 12.1 Å². The van der Waals surface area contributed by atoms with Gasteiger partial charge in [-0.1, -0.05) is 42.5 Å². The van der Waals surface area contributed by atoms with Gasteiger partial charge in [0.05, 0.1) is 0 Å². The fourth-order valence-corrected chi connectivity index (χ4v) is 1.45. The summed E-state index contributed by atoms with van der Waals surface area (Å²) >= 11 is 0. The summed E-state index contributed by atoms with van der Waals surface area (Å²) in [4.78, 5) is 0. The Balaban J connectivity index is 0.000000286. The quantitative estimate of drug-likeness (QED) is 0.907. The molecule has 4 nitrogen and oxygen atoms in total. The van der Waals surface area contributed by atoms with Gasteiger partial charge in [0.1, 0.15) is 11.7 Å². The predicted octanol–water partition coefficient (Wildman–Crippen LogP) is 1.96. The summed E-state index contributed by atoms with van der Waals surface area (Å²) in [5.74, 6) is -0.436. The molecule has 2 rings (SSSR count). The first kappa shape index (κ1) is 16.2. The Hall–Kier alpha value is -1.85. The minimum atomic E-state index is -3.11. The molecule has 0 radical (unpaired) electrons. The number of benzene rings is 2. The van der Waals surface area contributed by atoms with Gasteiger partial charge in [0, 0.05) is 6.26 Å². The average Bonchev–Trinajstić information content (AvgIpc) is 2.43. The van der Waals surface area contributed by atoms with E-state index in [1.54, 1.807) is 12.1 Å². The standard InChI is InChI=1S/C13H12O.C2H6O3S/c14-13-8-6-12(7-9-13)10-11-4-2-1-3-5-11;1-6(4,5)2-3/h1-9,14H,10H2;3H,2H2,1H3. The largest absolute Gasteiger partial charge is 0.508 e. The van der Waals surface area contributed by atoms with Gasteiger partial charge in [-0.05, 0) is 29.7 Å². The molecule has 0 aliphatic carbocycles. The lowest BCUT2D eigenvalue weighted by Gasteiger charge is -2.01. The number of aliphatic hydroxyl groups excluding tert-OH is 1. The first-order valence-corrected chi connectivity index (χ1v) is 8.07. The van der Waals surface area contributed by atoms with Crippen LogP contribution in [0.3, 0.4) is 0 Å². The Morgan fingerprint density at radius 3 is 1.80 bits per heavy atom.